The highest BCUT2D eigenvalue weighted by atomic mass is 35.5. The van der Waals surface area contributed by atoms with Gasteiger partial charge >= 0.3 is 12.4 Å². The molecule has 276 valence electrons. The number of alkyl halides is 3. The van der Waals surface area contributed by atoms with Gasteiger partial charge in [0.2, 0.25) is 0 Å². The molecule has 6 rings (SSSR count). The number of pyridine rings is 2. The van der Waals surface area contributed by atoms with E-state index in [0.29, 0.717) is 21.2 Å². The Morgan fingerprint density at radius 3 is 1.70 bits per heavy atom. The lowest BCUT2D eigenvalue weighted by Crippen LogP contribution is -2.55. The van der Waals surface area contributed by atoms with Crippen LogP contribution in [0.2, 0.25) is 10.0 Å². The summed E-state index contributed by atoms with van der Waals surface area (Å²) in [4.78, 5) is 64.8. The van der Waals surface area contributed by atoms with Gasteiger partial charge in [-0.15, -0.1) is 13.2 Å². The number of nitrogens with zero attached hydrogens (tertiary/aromatic N) is 3. The third kappa shape index (κ3) is 7.70. The number of nitrogens with one attached hydrogen (secondary N) is 3. The van der Waals surface area contributed by atoms with Crippen LogP contribution in [0.3, 0.4) is 0 Å². The molecule has 1 aliphatic heterocycles. The highest BCUT2D eigenvalue weighted by Gasteiger charge is 2.59. The van der Waals surface area contributed by atoms with E-state index in [-0.39, 0.29) is 28.2 Å². The van der Waals surface area contributed by atoms with E-state index in [1.54, 1.807) is 62.4 Å². The molecule has 1 saturated heterocycles. The molecule has 2 aromatic heterocycles. The number of carbonyl (C=O) groups excluding carboxylic acids is 4. The predicted molar refractivity (Wildman–Crippen MR) is 196 cm³/mol. The average Bonchev–Trinajstić information content (AvgIpc) is 3.41. The van der Waals surface area contributed by atoms with Crippen molar-refractivity contribution in [2.24, 2.45) is 0 Å². The largest absolute Gasteiger partial charge is 0.573 e. The summed E-state index contributed by atoms with van der Waals surface area (Å²) < 4.78 is 42.7. The second-order valence-corrected chi connectivity index (χ2v) is 13.2. The predicted octanol–water partition coefficient (Wildman–Crippen LogP) is 8.59. The quantitative estimate of drug-likeness (QED) is 0.121. The minimum Gasteiger partial charge on any atom is -0.406 e. The summed E-state index contributed by atoms with van der Waals surface area (Å²) in [6.07, 6.45) is 0.751. The van der Waals surface area contributed by atoms with Gasteiger partial charge in [-0.3, -0.25) is 24.4 Å². The highest BCUT2D eigenvalue weighted by molar-refractivity contribution is 6.31. The van der Waals surface area contributed by atoms with Crippen LogP contribution < -0.4 is 25.6 Å². The fourth-order valence-corrected chi connectivity index (χ4v) is 6.85. The maximum atomic E-state index is 15.0. The molecular formula is C38H29Cl2F3N6O5. The number of ether oxygens (including phenoxy) is 1. The SMILES string of the molecule is CC(c1ccncc1NC(=O)c1cccc(Cl)c1)C1(C(C)c2ccncc2NC(=O)c2cccc(Cl)c2)NC(=O)N(c2ccc(OC(F)(F)F)cc2)C1=O. The molecule has 0 aliphatic carbocycles. The van der Waals surface area contributed by atoms with Crippen molar-refractivity contribution in [3.8, 4) is 5.75 Å². The lowest BCUT2D eigenvalue weighted by molar-refractivity contribution is -0.274. The van der Waals surface area contributed by atoms with Gasteiger partial charge in [0.25, 0.3) is 17.7 Å². The van der Waals surface area contributed by atoms with Crippen LogP contribution in [0.5, 0.6) is 5.75 Å². The smallest absolute Gasteiger partial charge is 0.406 e. The Kier molecular flexibility index (Phi) is 10.6. The zero-order valence-corrected chi connectivity index (χ0v) is 29.8. The molecule has 0 bridgehead atoms. The van der Waals surface area contributed by atoms with Gasteiger partial charge in [0.15, 0.2) is 0 Å². The molecule has 3 N–H and O–H groups in total. The first-order valence-corrected chi connectivity index (χ1v) is 17.0. The van der Waals surface area contributed by atoms with Crippen molar-refractivity contribution in [1.82, 2.24) is 15.3 Å². The van der Waals surface area contributed by atoms with Crippen molar-refractivity contribution in [1.29, 1.82) is 0 Å². The van der Waals surface area contributed by atoms with Crippen molar-refractivity contribution >= 4 is 64.0 Å². The Hall–Kier alpha value is -5.99. The third-order valence-electron chi connectivity index (χ3n) is 9.08. The molecule has 3 heterocycles. The van der Waals surface area contributed by atoms with Crippen LogP contribution in [-0.2, 0) is 4.79 Å². The number of rotatable bonds is 10. The second kappa shape index (κ2) is 15.2. The van der Waals surface area contributed by atoms with Crippen molar-refractivity contribution in [3.63, 3.8) is 0 Å². The molecule has 2 unspecified atom stereocenters. The van der Waals surface area contributed by atoms with Crippen LogP contribution >= 0.6 is 23.2 Å². The van der Waals surface area contributed by atoms with Crippen LogP contribution in [0, 0.1) is 0 Å². The second-order valence-electron chi connectivity index (χ2n) is 12.3. The average molecular weight is 778 g/mol. The number of amides is 5. The first kappa shape index (κ1) is 37.8. The highest BCUT2D eigenvalue weighted by Crippen LogP contribution is 2.47. The van der Waals surface area contributed by atoms with E-state index in [1.165, 1.54) is 36.9 Å². The summed E-state index contributed by atoms with van der Waals surface area (Å²) in [5.41, 5.74) is -0.156. The van der Waals surface area contributed by atoms with Crippen molar-refractivity contribution in [2.75, 3.05) is 15.5 Å². The van der Waals surface area contributed by atoms with E-state index in [4.69, 9.17) is 23.2 Å². The number of carbonyl (C=O) groups is 4. The molecule has 54 heavy (non-hydrogen) atoms. The Bertz CT molecular complexity index is 2150. The van der Waals surface area contributed by atoms with Crippen LogP contribution in [0.4, 0.5) is 35.0 Å². The molecule has 5 amide bonds. The Labute approximate surface area is 316 Å². The van der Waals surface area contributed by atoms with Gasteiger partial charge in [-0.1, -0.05) is 49.2 Å². The van der Waals surface area contributed by atoms with E-state index < -0.39 is 53.2 Å². The minimum atomic E-state index is -4.96. The minimum absolute atomic E-state index is 0.0401. The van der Waals surface area contributed by atoms with Crippen LogP contribution in [0.25, 0.3) is 0 Å². The molecule has 0 spiro atoms. The molecule has 1 aliphatic rings. The van der Waals surface area contributed by atoms with Gasteiger partial charge in [0.05, 0.1) is 29.5 Å². The van der Waals surface area contributed by atoms with E-state index in [2.05, 4.69) is 30.7 Å². The molecule has 0 saturated carbocycles. The first-order valence-electron chi connectivity index (χ1n) is 16.2. The molecule has 2 atom stereocenters. The van der Waals surface area contributed by atoms with Gasteiger partial charge in [-0.05, 0) is 83.9 Å². The lowest BCUT2D eigenvalue weighted by atomic mass is 9.69. The third-order valence-corrected chi connectivity index (χ3v) is 9.55. The van der Waals surface area contributed by atoms with Gasteiger partial charge in [0, 0.05) is 45.4 Å². The maximum Gasteiger partial charge on any atom is 0.573 e. The number of hydrogen-bond acceptors (Lipinski definition) is 7. The topological polar surface area (TPSA) is 143 Å². The number of hydrogen-bond donors (Lipinski definition) is 3. The van der Waals surface area contributed by atoms with Crippen molar-refractivity contribution < 1.29 is 37.1 Å². The summed E-state index contributed by atoms with van der Waals surface area (Å²) in [6, 6.07) is 19.1. The molecule has 0 radical (unpaired) electrons. The number of halogens is 5. The molecule has 5 aromatic rings. The van der Waals surface area contributed by atoms with Gasteiger partial charge in [-0.25, -0.2) is 9.69 Å². The lowest BCUT2D eigenvalue weighted by Gasteiger charge is -2.39. The molecule has 16 heteroatoms. The molecule has 3 aromatic carbocycles. The van der Waals surface area contributed by atoms with Crippen LogP contribution in [0.15, 0.2) is 110 Å². The maximum absolute atomic E-state index is 15.0. The number of anilines is 3. The number of aromatic nitrogens is 2. The standard InChI is InChI=1S/C38H29Cl2F3N6O5/c1-21(29-13-15-44-19-31(29)46-33(50)23-5-3-7-25(39)17-23)37(35(52)49(36(53)48-37)27-9-11-28(12-10-27)54-38(41,42)43)22(2)30-14-16-45-20-32(30)47-34(51)24-6-4-8-26(40)18-24/h3-22H,1-2H3,(H,46,50)(H,47,51)(H,48,53). The van der Waals surface area contributed by atoms with Crippen LogP contribution in [0.1, 0.15) is 57.5 Å². The molecule has 1 fully saturated rings. The Morgan fingerprint density at radius 2 is 1.26 bits per heavy atom. The number of imide groups is 1. The Balaban J connectivity index is 1.44. The number of urea groups is 1. The molecular weight excluding hydrogens is 748 g/mol. The van der Waals surface area contributed by atoms with E-state index in [9.17, 15) is 32.3 Å². The number of benzene rings is 3. The first-order chi connectivity index (χ1) is 25.7. The van der Waals surface area contributed by atoms with Gasteiger partial charge in [0.1, 0.15) is 11.3 Å². The van der Waals surface area contributed by atoms with Gasteiger partial charge < -0.3 is 20.7 Å². The summed E-state index contributed by atoms with van der Waals surface area (Å²) in [7, 11) is 0. The van der Waals surface area contributed by atoms with Crippen molar-refractivity contribution in [2.45, 2.75) is 37.6 Å². The summed E-state index contributed by atoms with van der Waals surface area (Å²) >= 11 is 12.2. The summed E-state index contributed by atoms with van der Waals surface area (Å²) in [5, 5.41) is 9.21. The summed E-state index contributed by atoms with van der Waals surface area (Å²) in [6.45, 7) is 3.35. The van der Waals surface area contributed by atoms with Crippen LogP contribution in [-0.4, -0.2) is 45.6 Å². The van der Waals surface area contributed by atoms with E-state index in [1.807, 2.05) is 0 Å². The Morgan fingerprint density at radius 1 is 0.778 bits per heavy atom. The van der Waals surface area contributed by atoms with Gasteiger partial charge in [-0.2, -0.15) is 0 Å². The van der Waals surface area contributed by atoms with E-state index >= 15 is 0 Å². The monoisotopic (exact) mass is 776 g/mol. The fraction of sp³-hybridized carbons (Fsp3) is 0.158. The fourth-order valence-electron chi connectivity index (χ4n) is 6.47. The van der Waals surface area contributed by atoms with E-state index in [0.717, 1.165) is 29.2 Å². The molecule has 11 nitrogen and oxygen atoms in total. The summed E-state index contributed by atoms with van der Waals surface area (Å²) in [5.74, 6) is -4.25. The zero-order valence-electron chi connectivity index (χ0n) is 28.3. The van der Waals surface area contributed by atoms with Crippen molar-refractivity contribution in [3.05, 3.63) is 142 Å². The normalized spacial score (nSPS) is 16.7. The zero-order chi connectivity index (χ0) is 38.8.